The second-order valence-corrected chi connectivity index (χ2v) is 8.49. The van der Waals surface area contributed by atoms with Gasteiger partial charge in [0.05, 0.1) is 12.5 Å². The minimum absolute atomic E-state index is 0.135. The maximum Gasteiger partial charge on any atom is 0.316 e. The quantitative estimate of drug-likeness (QED) is 0.611. The average molecular weight is 415 g/mol. The van der Waals surface area contributed by atoms with Crippen molar-refractivity contribution in [3.8, 4) is 11.4 Å². The van der Waals surface area contributed by atoms with Crippen LogP contribution in [0.3, 0.4) is 0 Å². The van der Waals surface area contributed by atoms with E-state index < -0.39 is 5.41 Å². The molecule has 0 aliphatic heterocycles. The van der Waals surface area contributed by atoms with Gasteiger partial charge in [0.1, 0.15) is 5.82 Å². The number of benzene rings is 1. The largest absolute Gasteiger partial charge is 0.468 e. The predicted molar refractivity (Wildman–Crippen MR) is 119 cm³/mol. The molecule has 2 aromatic heterocycles. The summed E-state index contributed by atoms with van der Waals surface area (Å²) in [6.07, 6.45) is 7.62. The summed E-state index contributed by atoms with van der Waals surface area (Å²) < 4.78 is 5.07. The predicted octanol–water partition coefficient (Wildman–Crippen LogP) is 4.67. The molecule has 1 saturated carbocycles. The third-order valence-corrected chi connectivity index (χ3v) is 6.59. The maximum atomic E-state index is 12.4. The van der Waals surface area contributed by atoms with E-state index in [-0.39, 0.29) is 5.97 Å². The van der Waals surface area contributed by atoms with Crippen LogP contribution < -0.4 is 5.32 Å². The number of carbonyl (C=O) groups excluding carboxylic acids is 1. The fourth-order valence-electron chi connectivity index (χ4n) is 4.61. The number of pyridine rings is 1. The van der Waals surface area contributed by atoms with Gasteiger partial charge in [-0.2, -0.15) is 0 Å². The van der Waals surface area contributed by atoms with E-state index in [1.54, 1.807) is 0 Å². The van der Waals surface area contributed by atoms with Crippen LogP contribution in [0.2, 0.25) is 0 Å². The van der Waals surface area contributed by atoms with Crippen LogP contribution >= 0.6 is 0 Å². The van der Waals surface area contributed by atoms with Crippen molar-refractivity contribution in [1.29, 1.82) is 0 Å². The Kier molecular flexibility index (Phi) is 4.93. The third kappa shape index (κ3) is 3.46. The molecular formula is C25H26N4O2. The summed E-state index contributed by atoms with van der Waals surface area (Å²) in [7, 11) is 1.47. The molecular weight excluding hydrogens is 388 g/mol. The number of ether oxygens (including phenoxy) is 1. The van der Waals surface area contributed by atoms with Crippen LogP contribution in [0.15, 0.2) is 42.6 Å². The van der Waals surface area contributed by atoms with Gasteiger partial charge in [-0.1, -0.05) is 18.6 Å². The first kappa shape index (κ1) is 19.7. The van der Waals surface area contributed by atoms with Crippen molar-refractivity contribution in [1.82, 2.24) is 15.0 Å². The number of aryl methyl sites for hydroxylation is 2. The first-order chi connectivity index (χ1) is 15.1. The Bertz CT molecular complexity index is 1120. The fourth-order valence-corrected chi connectivity index (χ4v) is 4.61. The molecule has 0 saturated heterocycles. The highest BCUT2D eigenvalue weighted by atomic mass is 16.5. The third-order valence-electron chi connectivity index (χ3n) is 6.59. The van der Waals surface area contributed by atoms with Gasteiger partial charge in [0, 0.05) is 34.4 Å². The normalized spacial score (nSPS) is 16.3. The zero-order valence-electron chi connectivity index (χ0n) is 17.9. The molecule has 6 nitrogen and oxygen atoms in total. The SMILES string of the molecule is COC(=O)C1(c2ccc(Nc3nc(-c4ccc(C)nc4)nc4c3CCC4)cc2)CCC1. The number of rotatable bonds is 5. The van der Waals surface area contributed by atoms with E-state index in [1.807, 2.05) is 49.5 Å². The van der Waals surface area contributed by atoms with E-state index in [9.17, 15) is 4.79 Å². The number of esters is 1. The van der Waals surface area contributed by atoms with Gasteiger partial charge in [-0.05, 0) is 68.9 Å². The molecule has 2 aliphatic carbocycles. The number of anilines is 2. The lowest BCUT2D eigenvalue weighted by Gasteiger charge is -2.39. The zero-order chi connectivity index (χ0) is 21.4. The first-order valence-corrected chi connectivity index (χ1v) is 10.9. The number of nitrogens with one attached hydrogen (secondary N) is 1. The summed E-state index contributed by atoms with van der Waals surface area (Å²) in [5.74, 6) is 1.42. The molecule has 31 heavy (non-hydrogen) atoms. The lowest BCUT2D eigenvalue weighted by molar-refractivity contribution is -0.151. The fraction of sp³-hybridized carbons (Fsp3) is 0.360. The van der Waals surface area contributed by atoms with Crippen molar-refractivity contribution in [2.24, 2.45) is 0 Å². The van der Waals surface area contributed by atoms with Gasteiger partial charge in [0.2, 0.25) is 0 Å². The Balaban J connectivity index is 1.45. The van der Waals surface area contributed by atoms with Gasteiger partial charge in [-0.15, -0.1) is 0 Å². The second kappa shape index (κ2) is 7.76. The standard InChI is InChI=1S/C25H26N4O2/c1-16-7-8-17(15-26-16)22-28-21-6-3-5-20(21)23(29-22)27-19-11-9-18(10-12-19)25(13-4-14-25)24(30)31-2/h7-12,15H,3-6,13-14H2,1-2H3,(H,27,28,29). The van der Waals surface area contributed by atoms with Gasteiger partial charge in [-0.25, -0.2) is 9.97 Å². The molecule has 1 N–H and O–H groups in total. The molecule has 158 valence electrons. The number of hydrogen-bond donors (Lipinski definition) is 1. The average Bonchev–Trinajstić information content (AvgIpc) is 3.23. The smallest absolute Gasteiger partial charge is 0.316 e. The molecule has 1 aromatic carbocycles. The van der Waals surface area contributed by atoms with Crippen molar-refractivity contribution >= 4 is 17.5 Å². The molecule has 0 unspecified atom stereocenters. The van der Waals surface area contributed by atoms with Gasteiger partial charge in [0.25, 0.3) is 0 Å². The van der Waals surface area contributed by atoms with Crippen LogP contribution in [0.4, 0.5) is 11.5 Å². The number of carbonyl (C=O) groups is 1. The summed E-state index contributed by atoms with van der Waals surface area (Å²) >= 11 is 0. The number of methoxy groups -OCH3 is 1. The van der Waals surface area contributed by atoms with Crippen molar-refractivity contribution in [2.75, 3.05) is 12.4 Å². The van der Waals surface area contributed by atoms with Crippen LogP contribution in [0, 0.1) is 6.92 Å². The van der Waals surface area contributed by atoms with Crippen molar-refractivity contribution in [3.05, 3.63) is 65.1 Å². The summed E-state index contributed by atoms with van der Waals surface area (Å²) in [5.41, 5.74) is 5.69. The molecule has 0 atom stereocenters. The van der Waals surface area contributed by atoms with Crippen LogP contribution in [-0.4, -0.2) is 28.0 Å². The van der Waals surface area contributed by atoms with Crippen LogP contribution in [0.5, 0.6) is 0 Å². The van der Waals surface area contributed by atoms with E-state index in [2.05, 4.69) is 10.3 Å². The minimum atomic E-state index is -0.477. The number of hydrogen-bond acceptors (Lipinski definition) is 6. The Morgan fingerprint density at radius 2 is 1.84 bits per heavy atom. The highest BCUT2D eigenvalue weighted by Crippen LogP contribution is 2.45. The molecule has 0 amide bonds. The lowest BCUT2D eigenvalue weighted by Crippen LogP contribution is -2.43. The highest BCUT2D eigenvalue weighted by Gasteiger charge is 2.46. The Morgan fingerprint density at radius 1 is 1.03 bits per heavy atom. The van der Waals surface area contributed by atoms with Crippen molar-refractivity contribution < 1.29 is 9.53 Å². The molecule has 0 bridgehead atoms. The molecule has 0 radical (unpaired) electrons. The van der Waals surface area contributed by atoms with E-state index in [1.165, 1.54) is 12.7 Å². The Hall–Kier alpha value is -3.28. The Labute approximate surface area is 182 Å². The van der Waals surface area contributed by atoms with E-state index in [0.717, 1.165) is 72.5 Å². The lowest BCUT2D eigenvalue weighted by atomic mass is 9.64. The molecule has 0 spiro atoms. The first-order valence-electron chi connectivity index (χ1n) is 10.9. The van der Waals surface area contributed by atoms with Gasteiger partial charge in [-0.3, -0.25) is 9.78 Å². The molecule has 2 heterocycles. The number of fused-ring (bicyclic) bond motifs is 1. The van der Waals surface area contributed by atoms with Crippen LogP contribution in [0.25, 0.3) is 11.4 Å². The maximum absolute atomic E-state index is 12.4. The monoisotopic (exact) mass is 414 g/mol. The minimum Gasteiger partial charge on any atom is -0.468 e. The topological polar surface area (TPSA) is 77.0 Å². The molecule has 6 heteroatoms. The highest BCUT2D eigenvalue weighted by molar-refractivity contribution is 5.84. The van der Waals surface area contributed by atoms with E-state index in [4.69, 9.17) is 14.7 Å². The zero-order valence-corrected chi connectivity index (χ0v) is 17.9. The van der Waals surface area contributed by atoms with E-state index in [0.29, 0.717) is 5.82 Å². The summed E-state index contributed by atoms with van der Waals surface area (Å²) in [6.45, 7) is 1.97. The molecule has 5 rings (SSSR count). The summed E-state index contributed by atoms with van der Waals surface area (Å²) in [4.78, 5) is 26.4. The summed E-state index contributed by atoms with van der Waals surface area (Å²) in [6, 6.07) is 12.1. The van der Waals surface area contributed by atoms with E-state index >= 15 is 0 Å². The number of nitrogens with zero attached hydrogens (tertiary/aromatic N) is 3. The van der Waals surface area contributed by atoms with Crippen LogP contribution in [0.1, 0.15) is 48.2 Å². The summed E-state index contributed by atoms with van der Waals surface area (Å²) in [5, 5.41) is 3.50. The molecule has 1 fully saturated rings. The van der Waals surface area contributed by atoms with Crippen LogP contribution in [-0.2, 0) is 27.8 Å². The Morgan fingerprint density at radius 3 is 2.48 bits per heavy atom. The van der Waals surface area contributed by atoms with Gasteiger partial charge >= 0.3 is 5.97 Å². The van der Waals surface area contributed by atoms with Crippen molar-refractivity contribution in [2.45, 2.75) is 50.9 Å². The van der Waals surface area contributed by atoms with Gasteiger partial charge in [0.15, 0.2) is 5.82 Å². The second-order valence-electron chi connectivity index (χ2n) is 8.49. The number of aromatic nitrogens is 3. The molecule has 3 aromatic rings. The molecule has 2 aliphatic rings. The van der Waals surface area contributed by atoms with Crippen molar-refractivity contribution in [3.63, 3.8) is 0 Å². The van der Waals surface area contributed by atoms with Gasteiger partial charge < -0.3 is 10.1 Å².